The number of amides is 1. The Morgan fingerprint density at radius 2 is 1.63 bits per heavy atom. The van der Waals surface area contributed by atoms with E-state index in [-0.39, 0.29) is 42.7 Å². The first-order valence-electron chi connectivity index (χ1n) is 11.6. The molecule has 2 N–H and O–H groups in total. The van der Waals surface area contributed by atoms with Crippen molar-refractivity contribution in [2.75, 3.05) is 13.2 Å². The molecule has 0 aliphatic heterocycles. The summed E-state index contributed by atoms with van der Waals surface area (Å²) in [6, 6.07) is 14.2. The molecule has 4 rings (SSSR count). The molecule has 0 fully saturated rings. The normalized spacial score (nSPS) is 15.1. The second-order valence-corrected chi connectivity index (χ2v) is 8.83. The van der Waals surface area contributed by atoms with Crippen molar-refractivity contribution in [1.29, 1.82) is 0 Å². The van der Waals surface area contributed by atoms with Crippen LogP contribution < -0.4 is 5.32 Å². The summed E-state index contributed by atoms with van der Waals surface area (Å²) in [5.41, 5.74) is 4.13. The molecule has 1 aliphatic rings. The van der Waals surface area contributed by atoms with Crippen molar-refractivity contribution in [1.82, 2.24) is 5.32 Å². The summed E-state index contributed by atoms with van der Waals surface area (Å²) in [4.78, 5) is 25.1. The van der Waals surface area contributed by atoms with Gasteiger partial charge < -0.3 is 10.4 Å². The van der Waals surface area contributed by atoms with Gasteiger partial charge in [0.1, 0.15) is 5.82 Å². The van der Waals surface area contributed by atoms with E-state index in [4.69, 9.17) is 5.11 Å². The van der Waals surface area contributed by atoms with Gasteiger partial charge in [0.05, 0.1) is 6.61 Å². The van der Waals surface area contributed by atoms with Crippen LogP contribution in [-0.4, -0.2) is 29.9 Å². The Morgan fingerprint density at radius 1 is 0.914 bits per heavy atom. The molecule has 0 saturated carbocycles. The van der Waals surface area contributed by atoms with Crippen LogP contribution in [0.2, 0.25) is 0 Å². The average molecular weight is 482 g/mol. The van der Waals surface area contributed by atoms with Gasteiger partial charge >= 0.3 is 0 Å². The first kappa shape index (κ1) is 24.7. The molecular formula is C28H26F3NO3. The van der Waals surface area contributed by atoms with Gasteiger partial charge in [-0.15, -0.1) is 0 Å². The van der Waals surface area contributed by atoms with Crippen molar-refractivity contribution in [2.24, 2.45) is 5.92 Å². The standard InChI is InChI=1S/C28H26F3NO3/c29-24-16-26(31)25(30)15-21(24)7-3-18-4-10-23-20(13-18)8-9-22(27(23)34)14-17-1-5-19(6-2-17)28(35)32-11-12-33/h1-2,4-6,10,13,15-16,22,33H,3,7-9,11-12,14H2,(H,32,35). The number of carbonyl (C=O) groups excluding carboxylic acids is 2. The fraction of sp³-hybridized carbons (Fsp3) is 0.286. The predicted octanol–water partition coefficient (Wildman–Crippen LogP) is 4.60. The number of hydrogen-bond acceptors (Lipinski definition) is 3. The minimum Gasteiger partial charge on any atom is -0.395 e. The highest BCUT2D eigenvalue weighted by atomic mass is 19.2. The highest BCUT2D eigenvalue weighted by Crippen LogP contribution is 2.29. The first-order valence-corrected chi connectivity index (χ1v) is 11.6. The second-order valence-electron chi connectivity index (χ2n) is 8.83. The van der Waals surface area contributed by atoms with Crippen molar-refractivity contribution in [3.8, 4) is 0 Å². The lowest BCUT2D eigenvalue weighted by atomic mass is 9.79. The zero-order chi connectivity index (χ0) is 24.9. The summed E-state index contributed by atoms with van der Waals surface area (Å²) < 4.78 is 40.5. The molecule has 4 nitrogen and oxygen atoms in total. The van der Waals surface area contributed by atoms with Crippen LogP contribution in [-0.2, 0) is 25.7 Å². The molecule has 3 aromatic rings. The van der Waals surface area contributed by atoms with Crippen LogP contribution in [0.25, 0.3) is 0 Å². The topological polar surface area (TPSA) is 66.4 Å². The Hall–Kier alpha value is -3.45. The molecule has 7 heteroatoms. The van der Waals surface area contributed by atoms with Crippen LogP contribution in [0.5, 0.6) is 0 Å². The molecule has 1 amide bonds. The summed E-state index contributed by atoms with van der Waals surface area (Å²) in [5.74, 6) is -3.36. The zero-order valence-corrected chi connectivity index (χ0v) is 19.1. The predicted molar refractivity (Wildman–Crippen MR) is 126 cm³/mol. The van der Waals surface area contributed by atoms with E-state index < -0.39 is 17.5 Å². The third-order valence-corrected chi connectivity index (χ3v) is 6.44. The fourth-order valence-electron chi connectivity index (χ4n) is 4.51. The maximum absolute atomic E-state index is 13.9. The van der Waals surface area contributed by atoms with Gasteiger partial charge in [-0.05, 0) is 72.6 Å². The van der Waals surface area contributed by atoms with Crippen molar-refractivity contribution >= 4 is 11.7 Å². The van der Waals surface area contributed by atoms with Gasteiger partial charge in [-0.3, -0.25) is 9.59 Å². The number of nitrogens with one attached hydrogen (secondary N) is 1. The highest BCUT2D eigenvalue weighted by Gasteiger charge is 2.27. The van der Waals surface area contributed by atoms with Crippen LogP contribution >= 0.6 is 0 Å². The van der Waals surface area contributed by atoms with E-state index in [1.807, 2.05) is 24.3 Å². The molecular weight excluding hydrogens is 455 g/mol. The number of hydrogen-bond donors (Lipinski definition) is 2. The van der Waals surface area contributed by atoms with E-state index in [1.165, 1.54) is 0 Å². The van der Waals surface area contributed by atoms with Gasteiger partial charge in [0.2, 0.25) is 0 Å². The molecule has 0 radical (unpaired) electrons. The third-order valence-electron chi connectivity index (χ3n) is 6.44. The fourth-order valence-corrected chi connectivity index (χ4v) is 4.51. The number of halogens is 3. The van der Waals surface area contributed by atoms with Crippen molar-refractivity contribution < 1.29 is 27.9 Å². The Balaban J connectivity index is 1.39. The Morgan fingerprint density at radius 3 is 2.37 bits per heavy atom. The number of ketones is 1. The molecule has 3 aromatic carbocycles. The lowest BCUT2D eigenvalue weighted by molar-refractivity contribution is 0.0899. The summed E-state index contributed by atoms with van der Waals surface area (Å²) in [6.07, 6.45) is 2.69. The number of aliphatic hydroxyl groups is 1. The van der Waals surface area contributed by atoms with Crippen molar-refractivity contribution in [3.63, 3.8) is 0 Å². The molecule has 1 aliphatic carbocycles. The molecule has 0 spiro atoms. The molecule has 0 saturated heterocycles. The van der Waals surface area contributed by atoms with Gasteiger partial charge in [0.25, 0.3) is 5.91 Å². The summed E-state index contributed by atoms with van der Waals surface area (Å²) in [5, 5.41) is 11.4. The van der Waals surface area contributed by atoms with Crippen LogP contribution in [0.1, 0.15) is 49.4 Å². The van der Waals surface area contributed by atoms with E-state index in [2.05, 4.69) is 5.32 Å². The maximum atomic E-state index is 13.9. The average Bonchev–Trinajstić information content (AvgIpc) is 2.86. The molecule has 0 aromatic heterocycles. The minimum absolute atomic E-state index is 0.0780. The number of aryl methyl sites for hydroxylation is 3. The second kappa shape index (κ2) is 10.9. The van der Waals surface area contributed by atoms with Gasteiger partial charge in [-0.25, -0.2) is 13.2 Å². The van der Waals surface area contributed by atoms with Crippen molar-refractivity contribution in [3.05, 3.63) is 105 Å². The summed E-state index contributed by atoms with van der Waals surface area (Å²) in [7, 11) is 0. The Labute approximate surface area is 201 Å². The smallest absolute Gasteiger partial charge is 0.251 e. The summed E-state index contributed by atoms with van der Waals surface area (Å²) >= 11 is 0. The monoisotopic (exact) mass is 481 g/mol. The van der Waals surface area contributed by atoms with E-state index in [0.717, 1.165) is 29.2 Å². The number of rotatable bonds is 8. The quantitative estimate of drug-likeness (QED) is 0.462. The van der Waals surface area contributed by atoms with Crippen LogP contribution in [0.3, 0.4) is 0 Å². The van der Waals surface area contributed by atoms with Crippen LogP contribution in [0, 0.1) is 23.4 Å². The largest absolute Gasteiger partial charge is 0.395 e. The van der Waals surface area contributed by atoms with Crippen molar-refractivity contribution in [2.45, 2.75) is 32.1 Å². The highest BCUT2D eigenvalue weighted by molar-refractivity contribution is 6.00. The zero-order valence-electron chi connectivity index (χ0n) is 19.1. The number of benzene rings is 3. The van der Waals surface area contributed by atoms with E-state index >= 15 is 0 Å². The van der Waals surface area contributed by atoms with Crippen LogP contribution in [0.4, 0.5) is 13.2 Å². The molecule has 182 valence electrons. The van der Waals surface area contributed by atoms with Gasteiger partial charge in [0.15, 0.2) is 17.4 Å². The van der Waals surface area contributed by atoms with E-state index in [1.54, 1.807) is 18.2 Å². The SMILES string of the molecule is O=C(NCCO)c1ccc(CC2CCc3cc(CCc4cc(F)c(F)cc4F)ccc3C2=O)cc1. The van der Waals surface area contributed by atoms with Gasteiger partial charge in [0, 0.05) is 29.7 Å². The lowest BCUT2D eigenvalue weighted by Crippen LogP contribution is -2.26. The molecule has 0 bridgehead atoms. The van der Waals surface area contributed by atoms with Gasteiger partial charge in [-0.2, -0.15) is 0 Å². The minimum atomic E-state index is -1.20. The first-order chi connectivity index (χ1) is 16.9. The number of aliphatic hydroxyl groups excluding tert-OH is 1. The molecule has 35 heavy (non-hydrogen) atoms. The van der Waals surface area contributed by atoms with Gasteiger partial charge in [-0.1, -0.05) is 30.3 Å². The van der Waals surface area contributed by atoms with E-state index in [0.29, 0.717) is 36.5 Å². The molecule has 0 heterocycles. The maximum Gasteiger partial charge on any atom is 0.251 e. The Bertz CT molecular complexity index is 1240. The third kappa shape index (κ3) is 5.80. The number of carbonyl (C=O) groups is 2. The van der Waals surface area contributed by atoms with Crippen LogP contribution in [0.15, 0.2) is 54.6 Å². The number of Topliss-reactive ketones (excluding diaryl/α,β-unsaturated/α-hetero) is 1. The lowest BCUT2D eigenvalue weighted by Gasteiger charge is -2.24. The van der Waals surface area contributed by atoms with E-state index in [9.17, 15) is 22.8 Å². The Kier molecular flexibility index (Phi) is 7.66. The summed E-state index contributed by atoms with van der Waals surface area (Å²) in [6.45, 7) is 0.0727. The number of fused-ring (bicyclic) bond motifs is 1. The molecule has 1 unspecified atom stereocenters. The molecule has 1 atom stereocenters.